The van der Waals surface area contributed by atoms with Crippen molar-refractivity contribution in [2.75, 3.05) is 13.2 Å². The van der Waals surface area contributed by atoms with E-state index < -0.39 is 0 Å². The summed E-state index contributed by atoms with van der Waals surface area (Å²) in [4.78, 5) is 0.925. The maximum absolute atomic E-state index is 5.48. The molecule has 1 aliphatic carbocycles. The van der Waals surface area contributed by atoms with Gasteiger partial charge in [0.2, 0.25) is 0 Å². The van der Waals surface area contributed by atoms with Gasteiger partial charge in [-0.3, -0.25) is 0 Å². The van der Waals surface area contributed by atoms with E-state index in [2.05, 4.69) is 5.32 Å². The minimum atomic E-state index is 0.00752. The van der Waals surface area contributed by atoms with Gasteiger partial charge in [0.15, 0.2) is 0 Å². The predicted molar refractivity (Wildman–Crippen MR) is 38.5 cm³/mol. The average molecular weight is 143 g/mol. The van der Waals surface area contributed by atoms with Gasteiger partial charge in [-0.15, -0.1) is 0 Å². The van der Waals surface area contributed by atoms with Gasteiger partial charge in [-0.05, 0) is 12.8 Å². The zero-order valence-corrected chi connectivity index (χ0v) is 5.96. The Hall–Kier alpha value is -0.150. The van der Waals surface area contributed by atoms with Crippen molar-refractivity contribution < 1.29 is 4.74 Å². The Labute approximate surface area is 59.6 Å². The fourth-order valence-electron chi connectivity index (χ4n) is 1.12. The van der Waals surface area contributed by atoms with Crippen LogP contribution in [0.1, 0.15) is 12.8 Å². The zero-order chi connectivity index (χ0) is 6.32. The number of ether oxygens (including phenoxy) is 1. The summed E-state index contributed by atoms with van der Waals surface area (Å²) in [5.41, 5.74) is 0.00752. The molecular weight excluding hydrogens is 134 g/mol. The topological polar surface area (TPSA) is 21.3 Å². The fourth-order valence-corrected chi connectivity index (χ4v) is 1.49. The first kappa shape index (κ1) is 5.62. The molecule has 50 valence electrons. The maximum atomic E-state index is 5.48. The molecule has 9 heavy (non-hydrogen) atoms. The summed E-state index contributed by atoms with van der Waals surface area (Å²) in [6, 6.07) is 0. The van der Waals surface area contributed by atoms with Crippen LogP contribution in [0.5, 0.6) is 0 Å². The highest BCUT2D eigenvalue weighted by molar-refractivity contribution is 7.80. The first-order chi connectivity index (χ1) is 4.33. The number of rotatable bonds is 0. The third-order valence-corrected chi connectivity index (χ3v) is 2.40. The number of hydrogen-bond donors (Lipinski definition) is 1. The Kier molecular flexibility index (Phi) is 1.04. The quantitative estimate of drug-likeness (QED) is 0.498. The fraction of sp³-hybridized carbons (Fsp3) is 0.833. The molecular formula is C6H9NOS. The van der Waals surface area contributed by atoms with E-state index in [-0.39, 0.29) is 5.60 Å². The van der Waals surface area contributed by atoms with Crippen LogP contribution in [0.15, 0.2) is 0 Å². The summed E-state index contributed by atoms with van der Waals surface area (Å²) >= 11 is 5.07. The van der Waals surface area contributed by atoms with Crippen LogP contribution in [0.2, 0.25) is 0 Å². The van der Waals surface area contributed by atoms with E-state index in [4.69, 9.17) is 17.0 Å². The van der Waals surface area contributed by atoms with Gasteiger partial charge in [-0.25, -0.2) is 0 Å². The van der Waals surface area contributed by atoms with Gasteiger partial charge in [0.05, 0.1) is 6.61 Å². The van der Waals surface area contributed by atoms with Crippen molar-refractivity contribution in [3.8, 4) is 0 Å². The maximum Gasteiger partial charge on any atom is 0.118 e. The summed E-state index contributed by atoms with van der Waals surface area (Å²) in [6.45, 7) is 1.71. The Bertz CT molecular complexity index is 153. The third-order valence-electron chi connectivity index (χ3n) is 1.88. The van der Waals surface area contributed by atoms with Crippen molar-refractivity contribution in [1.29, 1.82) is 0 Å². The van der Waals surface area contributed by atoms with Crippen LogP contribution < -0.4 is 5.32 Å². The molecule has 0 bridgehead atoms. The van der Waals surface area contributed by atoms with Crippen LogP contribution in [0, 0.1) is 0 Å². The Morgan fingerprint density at radius 3 is 2.78 bits per heavy atom. The molecule has 1 spiro atoms. The van der Waals surface area contributed by atoms with E-state index in [0.717, 1.165) is 31.0 Å². The molecule has 0 radical (unpaired) electrons. The molecule has 1 aliphatic heterocycles. The zero-order valence-electron chi connectivity index (χ0n) is 5.14. The second kappa shape index (κ2) is 1.67. The summed E-state index contributed by atoms with van der Waals surface area (Å²) in [6.07, 6.45) is 2.25. The highest BCUT2D eigenvalue weighted by Crippen LogP contribution is 2.41. The van der Waals surface area contributed by atoms with Crippen molar-refractivity contribution in [3.05, 3.63) is 0 Å². The lowest BCUT2D eigenvalue weighted by molar-refractivity contribution is 0.0693. The van der Waals surface area contributed by atoms with Crippen molar-refractivity contribution in [1.82, 2.24) is 5.32 Å². The highest BCUT2D eigenvalue weighted by atomic mass is 32.1. The molecule has 0 unspecified atom stereocenters. The summed E-state index contributed by atoms with van der Waals surface area (Å²) in [7, 11) is 0. The largest absolute Gasteiger partial charge is 0.375 e. The number of thiocarbonyl (C=S) groups is 1. The lowest BCUT2D eigenvalue weighted by Crippen LogP contribution is -2.44. The molecule has 1 saturated heterocycles. The lowest BCUT2D eigenvalue weighted by Gasteiger charge is -2.24. The van der Waals surface area contributed by atoms with Crippen LogP contribution in [-0.4, -0.2) is 23.7 Å². The van der Waals surface area contributed by atoms with E-state index in [0.29, 0.717) is 0 Å². The summed E-state index contributed by atoms with van der Waals surface area (Å²) in [5.74, 6) is 0. The van der Waals surface area contributed by atoms with Crippen molar-refractivity contribution in [3.63, 3.8) is 0 Å². The van der Waals surface area contributed by atoms with E-state index in [1.54, 1.807) is 0 Å². The predicted octanol–water partition coefficient (Wildman–Crippen LogP) is 0.466. The number of nitrogens with one attached hydrogen (secondary N) is 1. The van der Waals surface area contributed by atoms with Crippen molar-refractivity contribution >= 4 is 17.2 Å². The molecule has 2 nitrogen and oxygen atoms in total. The first-order valence-corrected chi connectivity index (χ1v) is 3.67. The van der Waals surface area contributed by atoms with Crippen LogP contribution in [-0.2, 0) is 4.74 Å². The Morgan fingerprint density at radius 1 is 1.56 bits per heavy atom. The van der Waals surface area contributed by atoms with E-state index in [9.17, 15) is 0 Å². The van der Waals surface area contributed by atoms with Crippen LogP contribution >= 0.6 is 12.2 Å². The summed E-state index contributed by atoms with van der Waals surface area (Å²) < 4.78 is 5.48. The molecule has 0 aromatic carbocycles. The average Bonchev–Trinajstić information content (AvgIpc) is 2.60. The number of hydrogen-bond acceptors (Lipinski definition) is 2. The van der Waals surface area contributed by atoms with Gasteiger partial charge < -0.3 is 10.1 Å². The molecule has 2 fully saturated rings. The second-order valence-electron chi connectivity index (χ2n) is 2.60. The van der Waals surface area contributed by atoms with E-state index in [1.165, 1.54) is 0 Å². The molecule has 2 rings (SSSR count). The SMILES string of the molecule is S=C1NCCOC12CC2. The lowest BCUT2D eigenvalue weighted by atomic mass is 10.3. The standard InChI is InChI=1S/C6H9NOS/c9-5-6(1-2-6)8-4-3-7-5/h1-4H2,(H,7,9). The van der Waals surface area contributed by atoms with E-state index >= 15 is 0 Å². The van der Waals surface area contributed by atoms with Crippen molar-refractivity contribution in [2.45, 2.75) is 18.4 Å². The minimum Gasteiger partial charge on any atom is -0.375 e. The molecule has 0 aromatic heterocycles. The van der Waals surface area contributed by atoms with Crippen LogP contribution in [0.25, 0.3) is 0 Å². The van der Waals surface area contributed by atoms with Crippen molar-refractivity contribution in [2.24, 2.45) is 0 Å². The molecule has 1 saturated carbocycles. The van der Waals surface area contributed by atoms with Gasteiger partial charge in [-0.2, -0.15) is 0 Å². The highest BCUT2D eigenvalue weighted by Gasteiger charge is 2.49. The minimum absolute atomic E-state index is 0.00752. The Morgan fingerprint density at radius 2 is 2.33 bits per heavy atom. The molecule has 1 N–H and O–H groups in total. The normalized spacial score (nSPS) is 30.0. The Balaban J connectivity index is 2.12. The van der Waals surface area contributed by atoms with Gasteiger partial charge in [0.1, 0.15) is 10.6 Å². The van der Waals surface area contributed by atoms with Crippen LogP contribution in [0.3, 0.4) is 0 Å². The molecule has 3 heteroatoms. The van der Waals surface area contributed by atoms with Gasteiger partial charge in [-0.1, -0.05) is 12.2 Å². The molecule has 0 aromatic rings. The van der Waals surface area contributed by atoms with Gasteiger partial charge >= 0.3 is 0 Å². The van der Waals surface area contributed by atoms with Gasteiger partial charge in [0.25, 0.3) is 0 Å². The smallest absolute Gasteiger partial charge is 0.118 e. The molecule has 0 atom stereocenters. The van der Waals surface area contributed by atoms with Crippen LogP contribution in [0.4, 0.5) is 0 Å². The molecule has 0 amide bonds. The van der Waals surface area contributed by atoms with Gasteiger partial charge in [0, 0.05) is 6.54 Å². The molecule has 1 heterocycles. The number of morpholine rings is 1. The monoisotopic (exact) mass is 143 g/mol. The summed E-state index contributed by atoms with van der Waals surface area (Å²) in [5, 5.41) is 3.14. The van der Waals surface area contributed by atoms with E-state index in [1.807, 2.05) is 0 Å². The molecule has 2 aliphatic rings. The second-order valence-corrected chi connectivity index (χ2v) is 3.01. The third kappa shape index (κ3) is 0.756. The first-order valence-electron chi connectivity index (χ1n) is 3.26.